The Morgan fingerprint density at radius 1 is 1.05 bits per heavy atom. The number of carboxylic acid groups (broad SMARTS) is 1. The standard InChI is InChI=1S/C17H25NO3/c1-12(2)10-18(11-13(3)4)16(19)9-14-7-5-6-8-15(14)17(20)21/h5-8,12-13H,9-11H2,1-4H3,(H,20,21). The lowest BCUT2D eigenvalue weighted by Crippen LogP contribution is -2.38. The fourth-order valence-electron chi connectivity index (χ4n) is 2.32. The summed E-state index contributed by atoms with van der Waals surface area (Å²) in [6, 6.07) is 6.70. The van der Waals surface area contributed by atoms with E-state index in [1.807, 2.05) is 4.90 Å². The van der Waals surface area contributed by atoms with E-state index in [0.29, 0.717) is 30.5 Å². The van der Waals surface area contributed by atoms with Crippen LogP contribution in [0.25, 0.3) is 0 Å². The fraction of sp³-hybridized carbons (Fsp3) is 0.529. The molecule has 1 rings (SSSR count). The maximum Gasteiger partial charge on any atom is 0.335 e. The first kappa shape index (κ1) is 17.2. The minimum Gasteiger partial charge on any atom is -0.478 e. The van der Waals surface area contributed by atoms with Gasteiger partial charge < -0.3 is 10.0 Å². The number of aromatic carboxylic acids is 1. The molecule has 0 spiro atoms. The molecule has 1 amide bonds. The monoisotopic (exact) mass is 291 g/mol. The molecule has 4 heteroatoms. The second-order valence-electron chi connectivity index (χ2n) is 6.23. The molecule has 1 aromatic rings. The van der Waals surface area contributed by atoms with Gasteiger partial charge >= 0.3 is 5.97 Å². The molecule has 0 aliphatic carbocycles. The Balaban J connectivity index is 2.88. The summed E-state index contributed by atoms with van der Waals surface area (Å²) in [6.07, 6.45) is 0.141. The lowest BCUT2D eigenvalue weighted by Gasteiger charge is -2.26. The van der Waals surface area contributed by atoms with Crippen molar-refractivity contribution in [3.8, 4) is 0 Å². The molecule has 116 valence electrons. The van der Waals surface area contributed by atoms with Crippen molar-refractivity contribution in [2.45, 2.75) is 34.1 Å². The number of nitrogens with zero attached hydrogens (tertiary/aromatic N) is 1. The van der Waals surface area contributed by atoms with E-state index in [1.165, 1.54) is 0 Å². The van der Waals surface area contributed by atoms with Crippen molar-refractivity contribution in [1.29, 1.82) is 0 Å². The lowest BCUT2D eigenvalue weighted by molar-refractivity contribution is -0.131. The van der Waals surface area contributed by atoms with Crippen LogP contribution >= 0.6 is 0 Å². The molecule has 1 N–H and O–H groups in total. The highest BCUT2D eigenvalue weighted by molar-refractivity contribution is 5.91. The molecular weight excluding hydrogens is 266 g/mol. The molecule has 0 heterocycles. The van der Waals surface area contributed by atoms with Gasteiger partial charge in [0.05, 0.1) is 12.0 Å². The molecular formula is C17H25NO3. The summed E-state index contributed by atoms with van der Waals surface area (Å²) in [4.78, 5) is 25.5. The van der Waals surface area contributed by atoms with Crippen LogP contribution < -0.4 is 0 Å². The van der Waals surface area contributed by atoms with Crippen LogP contribution in [0.4, 0.5) is 0 Å². The topological polar surface area (TPSA) is 57.6 Å². The summed E-state index contributed by atoms with van der Waals surface area (Å²) < 4.78 is 0. The van der Waals surface area contributed by atoms with E-state index in [9.17, 15) is 14.7 Å². The van der Waals surface area contributed by atoms with Gasteiger partial charge in [0.1, 0.15) is 0 Å². The van der Waals surface area contributed by atoms with Gasteiger partial charge in [-0.05, 0) is 23.5 Å². The van der Waals surface area contributed by atoms with Crippen molar-refractivity contribution >= 4 is 11.9 Å². The fourth-order valence-corrected chi connectivity index (χ4v) is 2.32. The largest absolute Gasteiger partial charge is 0.478 e. The van der Waals surface area contributed by atoms with Crippen molar-refractivity contribution in [3.05, 3.63) is 35.4 Å². The van der Waals surface area contributed by atoms with E-state index in [-0.39, 0.29) is 17.9 Å². The van der Waals surface area contributed by atoms with Gasteiger partial charge in [-0.15, -0.1) is 0 Å². The van der Waals surface area contributed by atoms with Crippen molar-refractivity contribution < 1.29 is 14.7 Å². The number of benzene rings is 1. The third-order valence-electron chi connectivity index (χ3n) is 3.11. The minimum atomic E-state index is -0.988. The molecule has 1 aromatic carbocycles. The van der Waals surface area contributed by atoms with Crippen LogP contribution in [0.1, 0.15) is 43.6 Å². The zero-order valence-electron chi connectivity index (χ0n) is 13.3. The first-order chi connectivity index (χ1) is 9.81. The molecule has 0 radical (unpaired) electrons. The van der Waals surface area contributed by atoms with Gasteiger partial charge in [-0.25, -0.2) is 4.79 Å². The molecule has 0 bridgehead atoms. The van der Waals surface area contributed by atoms with Gasteiger partial charge in [-0.1, -0.05) is 45.9 Å². The van der Waals surface area contributed by atoms with Crippen LogP contribution in [0.2, 0.25) is 0 Å². The predicted molar refractivity (Wildman–Crippen MR) is 83.4 cm³/mol. The molecule has 0 fully saturated rings. The zero-order valence-corrected chi connectivity index (χ0v) is 13.3. The molecule has 0 aliphatic rings. The third kappa shape index (κ3) is 5.58. The van der Waals surface area contributed by atoms with Gasteiger partial charge in [0.15, 0.2) is 0 Å². The number of carbonyl (C=O) groups excluding carboxylic acids is 1. The van der Waals surface area contributed by atoms with E-state index < -0.39 is 5.97 Å². The molecule has 0 saturated heterocycles. The SMILES string of the molecule is CC(C)CN(CC(C)C)C(=O)Cc1ccccc1C(=O)O. The minimum absolute atomic E-state index is 0.00824. The van der Waals surface area contributed by atoms with Crippen LogP contribution in [-0.2, 0) is 11.2 Å². The molecule has 0 unspecified atom stereocenters. The molecule has 0 aliphatic heterocycles. The van der Waals surface area contributed by atoms with Crippen LogP contribution in [0.3, 0.4) is 0 Å². The Labute approximate surface area is 126 Å². The summed E-state index contributed by atoms with van der Waals surface area (Å²) in [5.74, 6) is -0.214. The summed E-state index contributed by atoms with van der Waals surface area (Å²) in [7, 11) is 0. The second kappa shape index (κ2) is 7.81. The molecule has 0 saturated carbocycles. The Bertz CT molecular complexity index is 485. The molecule has 4 nitrogen and oxygen atoms in total. The first-order valence-corrected chi connectivity index (χ1v) is 7.40. The van der Waals surface area contributed by atoms with E-state index in [0.717, 1.165) is 0 Å². The number of amides is 1. The number of carboxylic acids is 1. The first-order valence-electron chi connectivity index (χ1n) is 7.40. The van der Waals surface area contributed by atoms with E-state index in [2.05, 4.69) is 27.7 Å². The summed E-state index contributed by atoms with van der Waals surface area (Å²) >= 11 is 0. The average Bonchev–Trinajstić information content (AvgIpc) is 2.37. The normalized spacial score (nSPS) is 11.0. The van der Waals surface area contributed by atoms with Crippen LogP contribution in [0, 0.1) is 11.8 Å². The van der Waals surface area contributed by atoms with Crippen molar-refractivity contribution in [3.63, 3.8) is 0 Å². The average molecular weight is 291 g/mol. The van der Waals surface area contributed by atoms with E-state index in [4.69, 9.17) is 0 Å². The lowest BCUT2D eigenvalue weighted by atomic mass is 10.0. The summed E-state index contributed by atoms with van der Waals surface area (Å²) in [6.45, 7) is 9.70. The third-order valence-corrected chi connectivity index (χ3v) is 3.11. The summed E-state index contributed by atoms with van der Waals surface area (Å²) in [5.41, 5.74) is 0.785. The Kier molecular flexibility index (Phi) is 6.40. The molecule has 21 heavy (non-hydrogen) atoms. The number of hydrogen-bond donors (Lipinski definition) is 1. The van der Waals surface area contributed by atoms with Gasteiger partial charge in [0.2, 0.25) is 5.91 Å². The molecule has 0 aromatic heterocycles. The van der Waals surface area contributed by atoms with Crippen LogP contribution in [-0.4, -0.2) is 35.0 Å². The highest BCUT2D eigenvalue weighted by Gasteiger charge is 2.19. The van der Waals surface area contributed by atoms with Crippen molar-refractivity contribution in [1.82, 2.24) is 4.90 Å². The molecule has 0 atom stereocenters. The quantitative estimate of drug-likeness (QED) is 0.840. The Morgan fingerprint density at radius 3 is 2.05 bits per heavy atom. The predicted octanol–water partition coefficient (Wildman–Crippen LogP) is 3.07. The van der Waals surface area contributed by atoms with E-state index >= 15 is 0 Å². The maximum atomic E-state index is 12.5. The highest BCUT2D eigenvalue weighted by Crippen LogP contribution is 2.13. The van der Waals surface area contributed by atoms with Gasteiger partial charge in [0, 0.05) is 13.1 Å². The Morgan fingerprint density at radius 2 is 1.57 bits per heavy atom. The zero-order chi connectivity index (χ0) is 16.0. The maximum absolute atomic E-state index is 12.5. The number of rotatable bonds is 7. The van der Waals surface area contributed by atoms with Crippen LogP contribution in [0.5, 0.6) is 0 Å². The second-order valence-corrected chi connectivity index (χ2v) is 6.23. The van der Waals surface area contributed by atoms with Gasteiger partial charge in [-0.2, -0.15) is 0 Å². The van der Waals surface area contributed by atoms with Gasteiger partial charge in [-0.3, -0.25) is 4.79 Å². The van der Waals surface area contributed by atoms with Crippen molar-refractivity contribution in [2.24, 2.45) is 11.8 Å². The smallest absolute Gasteiger partial charge is 0.335 e. The number of carbonyl (C=O) groups is 2. The van der Waals surface area contributed by atoms with E-state index in [1.54, 1.807) is 24.3 Å². The van der Waals surface area contributed by atoms with Gasteiger partial charge in [0.25, 0.3) is 0 Å². The number of hydrogen-bond acceptors (Lipinski definition) is 2. The summed E-state index contributed by atoms with van der Waals surface area (Å²) in [5, 5.41) is 9.18. The highest BCUT2D eigenvalue weighted by atomic mass is 16.4. The Hall–Kier alpha value is -1.84. The van der Waals surface area contributed by atoms with Crippen molar-refractivity contribution in [2.75, 3.05) is 13.1 Å². The van der Waals surface area contributed by atoms with Crippen LogP contribution in [0.15, 0.2) is 24.3 Å².